The van der Waals surface area contributed by atoms with Crippen molar-refractivity contribution < 1.29 is 13.9 Å². The Bertz CT molecular complexity index is 1420. The van der Waals surface area contributed by atoms with Gasteiger partial charge in [0, 0.05) is 35.9 Å². The van der Waals surface area contributed by atoms with Gasteiger partial charge in [-0.25, -0.2) is 14.4 Å². The highest BCUT2D eigenvalue weighted by atomic mass is 19.1. The summed E-state index contributed by atoms with van der Waals surface area (Å²) in [5.41, 5.74) is 2.92. The predicted octanol–water partition coefficient (Wildman–Crippen LogP) is 5.49. The summed E-state index contributed by atoms with van der Waals surface area (Å²) in [5.74, 6) is 0.942. The number of carbonyl (C=O) groups is 1. The monoisotopic (exact) mass is 513 g/mol. The topological polar surface area (TPSA) is 79.4 Å². The first-order valence-corrected chi connectivity index (χ1v) is 12.8. The van der Waals surface area contributed by atoms with Gasteiger partial charge in [-0.1, -0.05) is 43.0 Å². The highest BCUT2D eigenvalue weighted by molar-refractivity contribution is 6.00. The molecule has 2 heterocycles. The number of para-hydroxylation sites is 1. The number of amides is 1. The van der Waals surface area contributed by atoms with Gasteiger partial charge in [-0.2, -0.15) is 0 Å². The fourth-order valence-corrected chi connectivity index (χ4v) is 4.80. The van der Waals surface area contributed by atoms with E-state index >= 15 is 0 Å². The zero-order chi connectivity index (χ0) is 26.7. The van der Waals surface area contributed by atoms with Gasteiger partial charge in [0.1, 0.15) is 18.0 Å². The quantitative estimate of drug-likeness (QED) is 0.407. The molecule has 3 unspecified atom stereocenters. The minimum atomic E-state index is -0.992. The number of benzene rings is 2. The van der Waals surface area contributed by atoms with Gasteiger partial charge < -0.3 is 20.3 Å². The molecule has 0 radical (unpaired) electrons. The van der Waals surface area contributed by atoms with E-state index < -0.39 is 17.8 Å². The van der Waals surface area contributed by atoms with Gasteiger partial charge >= 0.3 is 0 Å². The third kappa shape index (κ3) is 5.75. The van der Waals surface area contributed by atoms with Gasteiger partial charge in [-0.3, -0.25) is 4.79 Å². The lowest BCUT2D eigenvalue weighted by molar-refractivity contribution is -0.111. The Labute approximate surface area is 222 Å². The standard InChI is InChI=1S/C30H32FN5O2/c1-4-27(37)33-22-9-5-7-20(17-22)24-10-6-8-21-18-32-29(34-28(21)24)35-30(2)14-11-23(12-15-30)38-26-13-16-36(3)19-25(26)31/h4-12,14,17-18,25-26H,1,13,15-16,19H2,2-3H3,(H,33,37)(H,32,34,35). The normalized spacial score (nSPS) is 23.5. The van der Waals surface area contributed by atoms with Crippen LogP contribution in [0.25, 0.3) is 22.0 Å². The van der Waals surface area contributed by atoms with Gasteiger partial charge in [-0.05, 0) is 62.7 Å². The van der Waals surface area contributed by atoms with Crippen molar-refractivity contribution in [3.8, 4) is 11.1 Å². The van der Waals surface area contributed by atoms with Gasteiger partial charge in [-0.15, -0.1) is 0 Å². The number of hydrogen-bond donors (Lipinski definition) is 2. The zero-order valence-electron chi connectivity index (χ0n) is 21.7. The second-order valence-electron chi connectivity index (χ2n) is 10.1. The third-order valence-electron chi connectivity index (χ3n) is 6.95. The van der Waals surface area contributed by atoms with Crippen LogP contribution in [0.5, 0.6) is 0 Å². The van der Waals surface area contributed by atoms with Crippen LogP contribution in [0.4, 0.5) is 16.0 Å². The molecule has 7 nitrogen and oxygen atoms in total. The van der Waals surface area contributed by atoms with E-state index in [4.69, 9.17) is 9.72 Å². The molecular weight excluding hydrogens is 481 g/mol. The van der Waals surface area contributed by atoms with Gasteiger partial charge in [0.2, 0.25) is 11.9 Å². The van der Waals surface area contributed by atoms with Crippen LogP contribution >= 0.6 is 0 Å². The fourth-order valence-electron chi connectivity index (χ4n) is 4.80. The summed E-state index contributed by atoms with van der Waals surface area (Å²) in [4.78, 5) is 23.2. The average Bonchev–Trinajstić information content (AvgIpc) is 2.91. The summed E-state index contributed by atoms with van der Waals surface area (Å²) < 4.78 is 20.4. The second-order valence-corrected chi connectivity index (χ2v) is 10.1. The number of carbonyl (C=O) groups excluding carboxylic acids is 1. The van der Waals surface area contributed by atoms with Crippen LogP contribution in [0.2, 0.25) is 0 Å². The molecular formula is C30H32FN5O2. The first-order valence-electron chi connectivity index (χ1n) is 12.8. The van der Waals surface area contributed by atoms with Crippen molar-refractivity contribution in [3.63, 3.8) is 0 Å². The number of rotatable bonds is 7. The van der Waals surface area contributed by atoms with Crippen molar-refractivity contribution in [2.24, 2.45) is 0 Å². The van der Waals surface area contributed by atoms with Crippen LogP contribution < -0.4 is 10.6 Å². The fraction of sp³-hybridized carbons (Fsp3) is 0.300. The molecule has 2 aromatic carbocycles. The maximum Gasteiger partial charge on any atom is 0.247 e. The summed E-state index contributed by atoms with van der Waals surface area (Å²) >= 11 is 0. The zero-order valence-corrected chi connectivity index (χ0v) is 21.7. The molecule has 196 valence electrons. The number of likely N-dealkylation sites (tertiary alicyclic amines) is 1. The average molecular weight is 514 g/mol. The van der Waals surface area contributed by atoms with Crippen LogP contribution in [0, 0.1) is 0 Å². The van der Waals surface area contributed by atoms with Crippen molar-refractivity contribution in [1.29, 1.82) is 0 Å². The molecule has 38 heavy (non-hydrogen) atoms. The maximum absolute atomic E-state index is 14.4. The number of anilines is 2. The van der Waals surface area contributed by atoms with Crippen LogP contribution in [0.1, 0.15) is 19.8 Å². The Hall–Kier alpha value is -4.04. The lowest BCUT2D eigenvalue weighted by Gasteiger charge is -2.34. The van der Waals surface area contributed by atoms with Gasteiger partial charge in [0.15, 0.2) is 0 Å². The number of hydrogen-bond acceptors (Lipinski definition) is 6. The number of fused-ring (bicyclic) bond motifs is 1. The molecule has 1 aliphatic carbocycles. The van der Waals surface area contributed by atoms with Crippen LogP contribution in [-0.2, 0) is 9.53 Å². The minimum absolute atomic E-state index is 0.263. The predicted molar refractivity (Wildman–Crippen MR) is 150 cm³/mol. The van der Waals surface area contributed by atoms with E-state index in [9.17, 15) is 9.18 Å². The number of nitrogens with zero attached hydrogens (tertiary/aromatic N) is 3. The number of piperidine rings is 1. The summed E-state index contributed by atoms with van der Waals surface area (Å²) in [6, 6.07) is 13.6. The van der Waals surface area contributed by atoms with Crippen molar-refractivity contribution in [2.75, 3.05) is 30.8 Å². The summed E-state index contributed by atoms with van der Waals surface area (Å²) in [5, 5.41) is 7.17. The highest BCUT2D eigenvalue weighted by Crippen LogP contribution is 2.31. The summed E-state index contributed by atoms with van der Waals surface area (Å²) in [7, 11) is 1.93. The Kier molecular flexibility index (Phi) is 7.24. The van der Waals surface area contributed by atoms with Crippen LogP contribution in [0.3, 0.4) is 0 Å². The lowest BCUT2D eigenvalue weighted by Crippen LogP contribution is -2.43. The first kappa shape index (κ1) is 25.6. The number of alkyl halides is 1. The Morgan fingerprint density at radius 2 is 2.13 bits per heavy atom. The van der Waals surface area contributed by atoms with Crippen molar-refractivity contribution in [3.05, 3.63) is 85.3 Å². The maximum atomic E-state index is 14.4. The van der Waals surface area contributed by atoms with Crippen molar-refractivity contribution in [2.45, 2.75) is 37.6 Å². The van der Waals surface area contributed by atoms with E-state index in [0.29, 0.717) is 36.8 Å². The molecule has 0 saturated carbocycles. The largest absolute Gasteiger partial charge is 0.488 e. The molecule has 0 spiro atoms. The number of halogens is 1. The van der Waals surface area contributed by atoms with Crippen LogP contribution in [-0.4, -0.2) is 58.7 Å². The molecule has 1 amide bonds. The Morgan fingerprint density at radius 1 is 1.29 bits per heavy atom. The number of aromatic nitrogens is 2. The SMILES string of the molecule is C=CC(=O)Nc1cccc(-c2cccc3cnc(NC4(C)C=CC(OC5CCN(C)CC5F)=CC4)nc23)c1. The molecule has 1 aromatic heterocycles. The highest BCUT2D eigenvalue weighted by Gasteiger charge is 2.31. The van der Waals surface area contributed by atoms with E-state index in [1.54, 1.807) is 6.20 Å². The Morgan fingerprint density at radius 3 is 2.89 bits per heavy atom. The molecule has 3 aromatic rings. The van der Waals surface area contributed by atoms with Crippen LogP contribution in [0.15, 0.2) is 85.3 Å². The van der Waals surface area contributed by atoms with Crippen molar-refractivity contribution in [1.82, 2.24) is 14.9 Å². The molecule has 1 saturated heterocycles. The molecule has 2 aliphatic rings. The number of ether oxygens (including phenoxy) is 1. The smallest absolute Gasteiger partial charge is 0.247 e. The van der Waals surface area contributed by atoms with E-state index in [0.717, 1.165) is 28.6 Å². The molecule has 3 atom stereocenters. The molecule has 1 aliphatic heterocycles. The minimum Gasteiger partial charge on any atom is -0.488 e. The molecule has 5 rings (SSSR count). The first-order chi connectivity index (χ1) is 18.3. The van der Waals surface area contributed by atoms with Gasteiger partial charge in [0.25, 0.3) is 0 Å². The summed E-state index contributed by atoms with van der Waals surface area (Å²) in [6.07, 6.45) is 8.89. The molecule has 2 N–H and O–H groups in total. The van der Waals surface area contributed by atoms with Crippen molar-refractivity contribution >= 4 is 28.4 Å². The van der Waals surface area contributed by atoms with E-state index in [1.807, 2.05) is 72.6 Å². The van der Waals surface area contributed by atoms with E-state index in [1.165, 1.54) is 6.08 Å². The lowest BCUT2D eigenvalue weighted by atomic mass is 9.93. The third-order valence-corrected chi connectivity index (χ3v) is 6.95. The summed E-state index contributed by atoms with van der Waals surface area (Å²) in [6.45, 7) is 6.80. The van der Waals surface area contributed by atoms with E-state index in [-0.39, 0.29) is 5.91 Å². The molecule has 0 bridgehead atoms. The molecule has 8 heteroatoms. The second kappa shape index (κ2) is 10.8. The molecule has 1 fully saturated rings. The Balaban J connectivity index is 1.33. The van der Waals surface area contributed by atoms with E-state index in [2.05, 4.69) is 29.1 Å². The van der Waals surface area contributed by atoms with Gasteiger partial charge in [0.05, 0.1) is 11.1 Å². The number of allylic oxidation sites excluding steroid dienone is 1. The number of nitrogens with one attached hydrogen (secondary N) is 2.